The monoisotopic (exact) mass is 193 g/mol. The van der Waals surface area contributed by atoms with Gasteiger partial charge in [0.05, 0.1) is 11.8 Å². The van der Waals surface area contributed by atoms with Crippen LogP contribution in [0.2, 0.25) is 0 Å². The number of rotatable bonds is 4. The number of hydrogen-bond acceptors (Lipinski definition) is 2. The van der Waals surface area contributed by atoms with Crippen LogP contribution in [0, 0.1) is 12.8 Å². The van der Waals surface area contributed by atoms with Gasteiger partial charge in [-0.15, -0.1) is 0 Å². The van der Waals surface area contributed by atoms with Gasteiger partial charge in [0, 0.05) is 6.20 Å². The molecule has 2 heteroatoms. The molecular formula is C12H19NO. The minimum atomic E-state index is -0.411. The zero-order chi connectivity index (χ0) is 10.6. The number of aromatic nitrogens is 1. The van der Waals surface area contributed by atoms with Gasteiger partial charge in [-0.2, -0.15) is 0 Å². The lowest BCUT2D eigenvalue weighted by molar-refractivity contribution is 0.0991. The lowest BCUT2D eigenvalue weighted by Gasteiger charge is -2.19. The van der Waals surface area contributed by atoms with Crippen molar-refractivity contribution in [2.75, 3.05) is 0 Å². The van der Waals surface area contributed by atoms with Gasteiger partial charge in [0.1, 0.15) is 0 Å². The predicted molar refractivity (Wildman–Crippen MR) is 58.0 cm³/mol. The number of hydrogen-bond donors (Lipinski definition) is 1. The second kappa shape index (κ2) is 5.11. The van der Waals surface area contributed by atoms with Gasteiger partial charge in [0.2, 0.25) is 0 Å². The summed E-state index contributed by atoms with van der Waals surface area (Å²) in [6.07, 6.45) is 3.38. The van der Waals surface area contributed by atoms with E-state index in [0.29, 0.717) is 5.92 Å². The first kappa shape index (κ1) is 11.2. The summed E-state index contributed by atoms with van der Waals surface area (Å²) in [6, 6.07) is 3.91. The van der Waals surface area contributed by atoms with Crippen molar-refractivity contribution >= 4 is 0 Å². The normalized spacial score (nSPS) is 13.2. The molecule has 1 unspecified atom stereocenters. The molecule has 1 aromatic rings. The van der Waals surface area contributed by atoms with E-state index in [1.165, 1.54) is 0 Å². The Kier molecular flexibility index (Phi) is 4.08. The zero-order valence-corrected chi connectivity index (χ0v) is 9.20. The molecule has 0 spiro atoms. The van der Waals surface area contributed by atoms with Crippen LogP contribution in [0.1, 0.15) is 44.1 Å². The van der Waals surface area contributed by atoms with Crippen molar-refractivity contribution < 1.29 is 5.11 Å². The van der Waals surface area contributed by atoms with Gasteiger partial charge >= 0.3 is 0 Å². The number of aliphatic hydroxyl groups excluding tert-OH is 1. The predicted octanol–water partition coefficient (Wildman–Crippen LogP) is 2.86. The van der Waals surface area contributed by atoms with Crippen LogP contribution in [0.5, 0.6) is 0 Å². The fourth-order valence-corrected chi connectivity index (χ4v) is 1.63. The molecule has 0 amide bonds. The highest BCUT2D eigenvalue weighted by Gasteiger charge is 2.18. The van der Waals surface area contributed by atoms with Gasteiger partial charge in [-0.3, -0.25) is 4.98 Å². The fourth-order valence-electron chi connectivity index (χ4n) is 1.63. The van der Waals surface area contributed by atoms with Crippen LogP contribution in [0.3, 0.4) is 0 Å². The summed E-state index contributed by atoms with van der Waals surface area (Å²) < 4.78 is 0. The van der Waals surface area contributed by atoms with E-state index in [1.54, 1.807) is 6.20 Å². The number of nitrogens with zero attached hydrogens (tertiary/aromatic N) is 1. The molecule has 0 aliphatic carbocycles. The van der Waals surface area contributed by atoms with Gasteiger partial charge in [0.25, 0.3) is 0 Å². The second-order valence-corrected chi connectivity index (χ2v) is 3.78. The molecule has 0 fully saturated rings. The average Bonchev–Trinajstić information content (AvgIpc) is 2.20. The molecule has 1 heterocycles. The molecule has 0 radical (unpaired) electrons. The highest BCUT2D eigenvalue weighted by Crippen LogP contribution is 2.25. The molecule has 14 heavy (non-hydrogen) atoms. The summed E-state index contributed by atoms with van der Waals surface area (Å²) in [5.74, 6) is 0.324. The zero-order valence-electron chi connectivity index (χ0n) is 9.20. The molecule has 2 nitrogen and oxygen atoms in total. The SMILES string of the molecule is CCC(CC)C(O)c1ccc(C)cn1. The maximum absolute atomic E-state index is 10.0. The highest BCUT2D eigenvalue weighted by molar-refractivity contribution is 5.14. The molecule has 0 aliphatic rings. The second-order valence-electron chi connectivity index (χ2n) is 3.78. The Bertz CT molecular complexity index is 264. The smallest absolute Gasteiger partial charge is 0.0987 e. The van der Waals surface area contributed by atoms with E-state index in [-0.39, 0.29) is 0 Å². The van der Waals surface area contributed by atoms with E-state index in [9.17, 15) is 5.11 Å². The van der Waals surface area contributed by atoms with Gasteiger partial charge in [-0.25, -0.2) is 0 Å². The quantitative estimate of drug-likeness (QED) is 0.797. The van der Waals surface area contributed by atoms with Crippen LogP contribution in [0.25, 0.3) is 0 Å². The first-order valence-corrected chi connectivity index (χ1v) is 5.29. The maximum atomic E-state index is 10.0. The molecular weight excluding hydrogens is 174 g/mol. The third-order valence-electron chi connectivity index (χ3n) is 2.73. The molecule has 1 N–H and O–H groups in total. The minimum Gasteiger partial charge on any atom is -0.387 e. The molecule has 0 bridgehead atoms. The molecule has 0 aliphatic heterocycles. The summed E-state index contributed by atoms with van der Waals surface area (Å²) in [5, 5.41) is 10.0. The third-order valence-corrected chi connectivity index (χ3v) is 2.73. The standard InChI is InChI=1S/C12H19NO/c1-4-10(5-2)12(14)11-7-6-9(3)8-13-11/h6-8,10,12,14H,4-5H2,1-3H3. The Morgan fingerprint density at radius 3 is 2.36 bits per heavy atom. The first-order chi connectivity index (χ1) is 6.69. The summed E-state index contributed by atoms with van der Waals surface area (Å²) in [5.41, 5.74) is 1.93. The molecule has 1 aromatic heterocycles. The van der Waals surface area contributed by atoms with Crippen LogP contribution >= 0.6 is 0 Å². The third kappa shape index (κ3) is 2.55. The molecule has 0 saturated carbocycles. The van der Waals surface area contributed by atoms with Gasteiger partial charge in [0.15, 0.2) is 0 Å². The topological polar surface area (TPSA) is 33.1 Å². The van der Waals surface area contributed by atoms with Crippen molar-refractivity contribution in [3.05, 3.63) is 29.6 Å². The Morgan fingerprint density at radius 1 is 1.29 bits per heavy atom. The van der Waals surface area contributed by atoms with E-state index < -0.39 is 6.10 Å². The molecule has 1 atom stereocenters. The molecule has 1 rings (SSSR count). The van der Waals surface area contributed by atoms with Gasteiger partial charge in [-0.1, -0.05) is 32.8 Å². The lowest BCUT2D eigenvalue weighted by Crippen LogP contribution is -2.12. The van der Waals surface area contributed by atoms with Crippen molar-refractivity contribution in [1.29, 1.82) is 0 Å². The van der Waals surface area contributed by atoms with Crippen molar-refractivity contribution in [2.24, 2.45) is 5.92 Å². The Hall–Kier alpha value is -0.890. The van der Waals surface area contributed by atoms with Crippen LogP contribution in [-0.2, 0) is 0 Å². The van der Waals surface area contributed by atoms with Crippen LogP contribution < -0.4 is 0 Å². The fraction of sp³-hybridized carbons (Fsp3) is 0.583. The van der Waals surface area contributed by atoms with Crippen molar-refractivity contribution in [2.45, 2.75) is 39.7 Å². The highest BCUT2D eigenvalue weighted by atomic mass is 16.3. The van der Waals surface area contributed by atoms with Crippen LogP contribution in [-0.4, -0.2) is 10.1 Å². The average molecular weight is 193 g/mol. The van der Waals surface area contributed by atoms with E-state index >= 15 is 0 Å². The van der Waals surface area contributed by atoms with E-state index in [1.807, 2.05) is 19.1 Å². The Morgan fingerprint density at radius 2 is 1.93 bits per heavy atom. The van der Waals surface area contributed by atoms with E-state index in [0.717, 1.165) is 24.1 Å². The van der Waals surface area contributed by atoms with Crippen LogP contribution in [0.15, 0.2) is 18.3 Å². The number of pyridine rings is 1. The molecule has 0 saturated heterocycles. The van der Waals surface area contributed by atoms with Crippen LogP contribution in [0.4, 0.5) is 0 Å². The largest absolute Gasteiger partial charge is 0.387 e. The maximum Gasteiger partial charge on any atom is 0.0987 e. The van der Waals surface area contributed by atoms with Gasteiger partial charge < -0.3 is 5.11 Å². The summed E-state index contributed by atoms with van der Waals surface area (Å²) in [6.45, 7) is 6.21. The van der Waals surface area contributed by atoms with E-state index in [2.05, 4.69) is 18.8 Å². The van der Waals surface area contributed by atoms with E-state index in [4.69, 9.17) is 0 Å². The summed E-state index contributed by atoms with van der Waals surface area (Å²) >= 11 is 0. The van der Waals surface area contributed by atoms with Crippen molar-refractivity contribution in [1.82, 2.24) is 4.98 Å². The Balaban J connectivity index is 2.77. The summed E-state index contributed by atoms with van der Waals surface area (Å²) in [4.78, 5) is 4.24. The number of aryl methyl sites for hydroxylation is 1. The summed E-state index contributed by atoms with van der Waals surface area (Å²) in [7, 11) is 0. The van der Waals surface area contributed by atoms with Crippen molar-refractivity contribution in [3.63, 3.8) is 0 Å². The molecule has 0 aromatic carbocycles. The minimum absolute atomic E-state index is 0.324. The van der Waals surface area contributed by atoms with Crippen molar-refractivity contribution in [3.8, 4) is 0 Å². The number of aliphatic hydroxyl groups is 1. The first-order valence-electron chi connectivity index (χ1n) is 5.29. The lowest BCUT2D eigenvalue weighted by atomic mass is 9.94. The molecule has 78 valence electrons. The van der Waals surface area contributed by atoms with Gasteiger partial charge in [-0.05, 0) is 24.5 Å². The Labute approximate surface area is 86.0 Å².